The maximum atomic E-state index is 2.34. The van der Waals surface area contributed by atoms with Gasteiger partial charge in [0.05, 0.1) is 0 Å². The van der Waals surface area contributed by atoms with E-state index < -0.39 is 0 Å². The van der Waals surface area contributed by atoms with Crippen molar-refractivity contribution in [2.75, 3.05) is 0 Å². The van der Waals surface area contributed by atoms with E-state index in [9.17, 15) is 0 Å². The largest absolute Gasteiger partial charge is 0.0620 e. The fraction of sp³-hybridized carbons (Fsp3) is 0.257. The van der Waals surface area contributed by atoms with Gasteiger partial charge in [-0.05, 0) is 329 Å². The molecule has 0 saturated carbocycles. The molecule has 14 aromatic carbocycles. The molecule has 0 atom stereocenters. The lowest BCUT2D eigenvalue weighted by Crippen LogP contribution is -2.12. The molecule has 0 radical (unpaired) electrons. The van der Waals surface area contributed by atoms with Crippen molar-refractivity contribution in [3.8, 4) is 77.9 Å². The van der Waals surface area contributed by atoms with Crippen LogP contribution >= 0.6 is 0 Å². The summed E-state index contributed by atoms with van der Waals surface area (Å²) in [5.41, 5.74) is 50.4. The van der Waals surface area contributed by atoms with Crippen LogP contribution in [-0.2, 0) is 10.8 Å². The fourth-order valence-corrected chi connectivity index (χ4v) is 15.5. The Morgan fingerprint density at radius 3 is 0.770 bits per heavy atom. The van der Waals surface area contributed by atoms with Crippen LogP contribution in [0, 0.1) is 145 Å². The number of rotatable bonds is 7. The first kappa shape index (κ1) is 87.7. The zero-order valence-electron chi connectivity index (χ0n) is 73.6. The molecule has 0 aliphatic heterocycles. The van der Waals surface area contributed by atoms with Crippen LogP contribution in [0.25, 0.3) is 77.9 Å². The van der Waals surface area contributed by atoms with Crippen molar-refractivity contribution in [3.05, 3.63) is 413 Å². The van der Waals surface area contributed by atoms with Crippen molar-refractivity contribution >= 4 is 0 Å². The molecule has 0 nitrogen and oxygen atoms in total. The van der Waals surface area contributed by atoms with Gasteiger partial charge in [0.2, 0.25) is 0 Å². The van der Waals surface area contributed by atoms with E-state index in [2.05, 4.69) is 472 Å². The molecule has 14 aromatic rings. The number of hydrogen-bond donors (Lipinski definition) is 0. The second-order valence-electron chi connectivity index (χ2n) is 33.8. The van der Waals surface area contributed by atoms with E-state index in [-0.39, 0.29) is 10.8 Å². The van der Waals surface area contributed by atoms with E-state index in [0.717, 1.165) is 0 Å². The number of hydrogen-bond acceptors (Lipinski definition) is 0. The van der Waals surface area contributed by atoms with Gasteiger partial charge in [0.25, 0.3) is 0 Å². The van der Waals surface area contributed by atoms with Crippen molar-refractivity contribution in [1.29, 1.82) is 0 Å². The van der Waals surface area contributed by atoms with Gasteiger partial charge in [-0.2, -0.15) is 0 Å². The molecule has 0 amide bonds. The summed E-state index contributed by atoms with van der Waals surface area (Å²) in [6, 6.07) is 102. The molecule has 14 rings (SSSR count). The first-order valence-electron chi connectivity index (χ1n) is 40.5. The molecule has 0 saturated heterocycles. The van der Waals surface area contributed by atoms with Gasteiger partial charge in [0.15, 0.2) is 0 Å². The van der Waals surface area contributed by atoms with Crippen LogP contribution < -0.4 is 0 Å². The smallest absolute Gasteiger partial charge is 0.0123 e. The predicted molar refractivity (Wildman–Crippen MR) is 500 cm³/mol. The van der Waals surface area contributed by atoms with Gasteiger partial charge < -0.3 is 0 Å². The Bertz CT molecular complexity index is 5400. The molecular formula is C113H128. The molecule has 0 unspecified atom stereocenters. The first-order valence-corrected chi connectivity index (χ1v) is 40.5. The Morgan fingerprint density at radius 1 is 0.142 bits per heavy atom. The molecule has 0 aliphatic rings. The molecule has 0 aliphatic carbocycles. The standard InChI is InChI=1S/2C19H24.C16H18.3C15H16.C14H14/c1-13-8-7-9-16(10-13)18-14(2)11-17(12-15(18)3)19(4,5)6;1-13-9-7-8-10-17(13)18-14(2)11-16(12-15(18)3)19(4,5)6;1-11-9-13(3)16(14(4)10-11)15-8-6-5-7-12(15)2;1-11-7-4-5-10-14(11)15-12(2)8-6-9-13(15)3;1-11-8-12(2)10-14(9-11)15-7-5-4-6-13(15)3;1-11-8-9-15(13(3)10-11)14-7-5-4-6-12(14)2;1-11-7-9-13(10-8-11)14-6-4-3-5-12(14)2/h2*7-12H,1-6H3;5-10H,1-4H3;3*4-10H,1-3H3;3-10H,1-2H3. The quantitative estimate of drug-likeness (QED) is 0.149. The molecule has 0 N–H and O–H groups in total. The van der Waals surface area contributed by atoms with Gasteiger partial charge >= 0.3 is 0 Å². The monoisotopic (exact) mass is 1490 g/mol. The van der Waals surface area contributed by atoms with Gasteiger partial charge in [-0.3, -0.25) is 0 Å². The molecule has 0 bridgehead atoms. The van der Waals surface area contributed by atoms with E-state index in [0.29, 0.717) is 0 Å². The number of aryl methyl sites for hydroxylation is 21. The van der Waals surface area contributed by atoms with E-state index >= 15 is 0 Å². The van der Waals surface area contributed by atoms with Crippen molar-refractivity contribution in [2.24, 2.45) is 0 Å². The topological polar surface area (TPSA) is 0 Å². The van der Waals surface area contributed by atoms with Crippen LogP contribution in [0.15, 0.2) is 285 Å². The highest BCUT2D eigenvalue weighted by Crippen LogP contribution is 2.38. The summed E-state index contributed by atoms with van der Waals surface area (Å²) in [5, 5.41) is 0. The van der Waals surface area contributed by atoms with Crippen LogP contribution in [0.5, 0.6) is 0 Å². The third-order valence-electron chi connectivity index (χ3n) is 21.5. The van der Waals surface area contributed by atoms with Crippen LogP contribution in [0.3, 0.4) is 0 Å². The Labute approximate surface area is 684 Å². The highest BCUT2D eigenvalue weighted by Gasteiger charge is 2.20. The van der Waals surface area contributed by atoms with Crippen LogP contribution in [0.1, 0.15) is 170 Å². The lowest BCUT2D eigenvalue weighted by molar-refractivity contribution is 0.589. The zero-order valence-corrected chi connectivity index (χ0v) is 73.6. The van der Waals surface area contributed by atoms with Gasteiger partial charge in [-0.25, -0.2) is 0 Å². The molecule has 0 fully saturated rings. The molecular weight excluding hydrogens is 1360 g/mol. The third-order valence-corrected chi connectivity index (χ3v) is 21.5. The molecule has 580 valence electrons. The minimum Gasteiger partial charge on any atom is -0.0620 e. The van der Waals surface area contributed by atoms with Crippen molar-refractivity contribution in [3.63, 3.8) is 0 Å². The average Bonchev–Trinajstić information content (AvgIpc) is 0.805. The summed E-state index contributed by atoms with van der Waals surface area (Å²) in [5.74, 6) is 0. The van der Waals surface area contributed by atoms with Crippen molar-refractivity contribution in [2.45, 2.75) is 198 Å². The summed E-state index contributed by atoms with van der Waals surface area (Å²) >= 11 is 0. The van der Waals surface area contributed by atoms with Crippen LogP contribution in [-0.4, -0.2) is 0 Å². The van der Waals surface area contributed by atoms with E-state index in [1.54, 1.807) is 0 Å². The highest BCUT2D eigenvalue weighted by molar-refractivity contribution is 5.78. The maximum Gasteiger partial charge on any atom is -0.0123 e. The third kappa shape index (κ3) is 24.3. The first-order chi connectivity index (χ1) is 53.5. The maximum absolute atomic E-state index is 2.34. The molecule has 0 aromatic heterocycles. The minimum absolute atomic E-state index is 0.208. The van der Waals surface area contributed by atoms with Gasteiger partial charge in [0.1, 0.15) is 0 Å². The SMILES string of the molecule is Cc1cc(C)c(-c2ccccc2C)c(C)c1.Cc1cc(C)cc(-c2ccccc2C)c1.Cc1ccc(-c2ccccc2C)c(C)c1.Cc1ccc(-c2ccccc2C)cc1.Cc1cccc(-c2c(C)cc(C(C)(C)C)cc2C)c1.Cc1ccccc1-c1c(C)cc(C(C)(C)C)cc1C.Cc1ccccc1-c1c(C)cccc1C. The predicted octanol–water partition coefficient (Wildman–Crippen LogP) is 32.5. The normalized spacial score (nSPS) is 10.8. The Hall–Kier alpha value is -10.9. The van der Waals surface area contributed by atoms with Crippen molar-refractivity contribution in [1.82, 2.24) is 0 Å². The van der Waals surface area contributed by atoms with Crippen molar-refractivity contribution < 1.29 is 0 Å². The van der Waals surface area contributed by atoms with Gasteiger partial charge in [-0.15, -0.1) is 0 Å². The molecule has 0 spiro atoms. The molecule has 113 heavy (non-hydrogen) atoms. The second kappa shape index (κ2) is 40.0. The summed E-state index contributed by atoms with van der Waals surface area (Å²) in [7, 11) is 0. The summed E-state index contributed by atoms with van der Waals surface area (Å²) in [4.78, 5) is 0. The highest BCUT2D eigenvalue weighted by atomic mass is 14.2. The van der Waals surface area contributed by atoms with E-state index in [1.165, 1.54) is 206 Å². The Kier molecular flexibility index (Phi) is 31.0. The Balaban J connectivity index is 0.000000166. The molecule has 0 heteroatoms. The van der Waals surface area contributed by atoms with Gasteiger partial charge in [-0.1, -0.05) is 360 Å². The Morgan fingerprint density at radius 2 is 0.407 bits per heavy atom. The van der Waals surface area contributed by atoms with Gasteiger partial charge in [0, 0.05) is 0 Å². The summed E-state index contributed by atoms with van der Waals surface area (Å²) < 4.78 is 0. The minimum atomic E-state index is 0.208. The van der Waals surface area contributed by atoms with Crippen LogP contribution in [0.4, 0.5) is 0 Å². The van der Waals surface area contributed by atoms with E-state index in [4.69, 9.17) is 0 Å². The average molecular weight is 1490 g/mol. The summed E-state index contributed by atoms with van der Waals surface area (Å²) in [6.07, 6.45) is 0. The zero-order chi connectivity index (χ0) is 82.6. The van der Waals surface area contributed by atoms with Crippen LogP contribution in [0.2, 0.25) is 0 Å². The molecule has 0 heterocycles. The second-order valence-corrected chi connectivity index (χ2v) is 33.8. The van der Waals surface area contributed by atoms with E-state index in [1.807, 2.05) is 0 Å². The lowest BCUT2D eigenvalue weighted by atomic mass is 9.82. The lowest BCUT2D eigenvalue weighted by Gasteiger charge is -2.23. The summed E-state index contributed by atoms with van der Waals surface area (Å²) in [6.45, 7) is 59.3. The number of benzene rings is 14. The fourth-order valence-electron chi connectivity index (χ4n) is 15.5.